The van der Waals surface area contributed by atoms with Crippen molar-refractivity contribution in [3.63, 3.8) is 0 Å². The number of nitrogens with one attached hydrogen (secondary N) is 1. The summed E-state index contributed by atoms with van der Waals surface area (Å²) >= 11 is 0. The number of rotatable bonds is 8. The van der Waals surface area contributed by atoms with E-state index in [9.17, 15) is 9.59 Å². The Morgan fingerprint density at radius 2 is 1.65 bits per heavy atom. The van der Waals surface area contributed by atoms with Gasteiger partial charge in [0.25, 0.3) is 0 Å². The Kier molecular flexibility index (Phi) is 6.06. The van der Waals surface area contributed by atoms with E-state index in [1.807, 2.05) is 42.5 Å². The smallest absolute Gasteiger partial charge is 0.248 e. The third kappa shape index (κ3) is 5.34. The van der Waals surface area contributed by atoms with Gasteiger partial charge in [-0.2, -0.15) is 0 Å². The van der Waals surface area contributed by atoms with Gasteiger partial charge in [0.15, 0.2) is 5.78 Å². The van der Waals surface area contributed by atoms with Crippen molar-refractivity contribution in [3.8, 4) is 0 Å². The molecule has 0 aliphatic rings. The van der Waals surface area contributed by atoms with Crippen molar-refractivity contribution >= 4 is 11.7 Å². The number of hydrogen-bond acceptors (Lipinski definition) is 3. The topological polar surface area (TPSA) is 72.2 Å². The summed E-state index contributed by atoms with van der Waals surface area (Å²) in [6.07, 6.45) is 1.80. The van der Waals surface area contributed by atoms with E-state index >= 15 is 0 Å². The predicted molar refractivity (Wildman–Crippen MR) is 91.5 cm³/mol. The predicted octanol–water partition coefficient (Wildman–Crippen LogP) is 2.58. The van der Waals surface area contributed by atoms with Crippen LogP contribution in [0.2, 0.25) is 0 Å². The lowest BCUT2D eigenvalue weighted by atomic mass is 10.0. The summed E-state index contributed by atoms with van der Waals surface area (Å²) in [6, 6.07) is 16.9. The van der Waals surface area contributed by atoms with Gasteiger partial charge in [0.1, 0.15) is 0 Å². The van der Waals surface area contributed by atoms with Crippen LogP contribution in [0.1, 0.15) is 39.6 Å². The maximum absolute atomic E-state index is 12.0. The van der Waals surface area contributed by atoms with E-state index in [1.54, 1.807) is 12.1 Å². The minimum absolute atomic E-state index is 0.100. The van der Waals surface area contributed by atoms with Crippen LogP contribution in [0, 0.1) is 0 Å². The van der Waals surface area contributed by atoms with E-state index in [0.717, 1.165) is 24.0 Å². The Hall–Kier alpha value is -2.46. The quantitative estimate of drug-likeness (QED) is 0.736. The zero-order valence-electron chi connectivity index (χ0n) is 13.3. The molecule has 0 aliphatic carbocycles. The van der Waals surface area contributed by atoms with E-state index in [-0.39, 0.29) is 11.8 Å². The third-order valence-electron chi connectivity index (χ3n) is 3.81. The first-order valence-electron chi connectivity index (χ1n) is 7.76. The van der Waals surface area contributed by atoms with Crippen LogP contribution in [0.3, 0.4) is 0 Å². The Labute approximate surface area is 136 Å². The fraction of sp³-hybridized carbons (Fsp3) is 0.263. The fourth-order valence-electron chi connectivity index (χ4n) is 2.31. The van der Waals surface area contributed by atoms with Gasteiger partial charge >= 0.3 is 0 Å². The molecule has 1 atom stereocenters. The summed E-state index contributed by atoms with van der Waals surface area (Å²) < 4.78 is 0. The number of nitrogens with two attached hydrogens (primary N) is 1. The lowest BCUT2D eigenvalue weighted by molar-refractivity contribution is 0.0983. The summed E-state index contributed by atoms with van der Waals surface area (Å²) in [5.74, 6) is -0.311. The van der Waals surface area contributed by atoms with Crippen molar-refractivity contribution < 1.29 is 9.59 Å². The molecule has 0 unspecified atom stereocenters. The van der Waals surface area contributed by atoms with E-state index in [1.165, 1.54) is 0 Å². The van der Waals surface area contributed by atoms with Crippen molar-refractivity contribution in [2.45, 2.75) is 25.8 Å². The number of Topliss-reactive ketones (excluding diaryl/α,β-unsaturated/α-hetero) is 1. The molecule has 0 spiro atoms. The van der Waals surface area contributed by atoms with Gasteiger partial charge in [0, 0.05) is 17.2 Å². The van der Waals surface area contributed by atoms with Gasteiger partial charge in [0.05, 0.1) is 6.54 Å². The molecule has 120 valence electrons. The van der Waals surface area contributed by atoms with Crippen molar-refractivity contribution in [1.29, 1.82) is 0 Å². The molecule has 4 heteroatoms. The highest BCUT2D eigenvalue weighted by Gasteiger charge is 2.08. The molecule has 0 heterocycles. The van der Waals surface area contributed by atoms with Crippen molar-refractivity contribution in [2.24, 2.45) is 5.73 Å². The van der Waals surface area contributed by atoms with Crippen LogP contribution in [0.15, 0.2) is 54.6 Å². The summed E-state index contributed by atoms with van der Waals surface area (Å²) in [5, 5.41) is 3.26. The van der Waals surface area contributed by atoms with Gasteiger partial charge in [-0.15, -0.1) is 0 Å². The molecule has 2 aromatic carbocycles. The van der Waals surface area contributed by atoms with Crippen LogP contribution in [0.25, 0.3) is 0 Å². The molecule has 4 nitrogen and oxygen atoms in total. The minimum Gasteiger partial charge on any atom is -0.366 e. The Bertz CT molecular complexity index is 651. The second-order valence-electron chi connectivity index (χ2n) is 5.67. The first-order chi connectivity index (χ1) is 11.1. The first-order valence-corrected chi connectivity index (χ1v) is 7.76. The van der Waals surface area contributed by atoms with Gasteiger partial charge in [-0.1, -0.05) is 42.5 Å². The van der Waals surface area contributed by atoms with Gasteiger partial charge in [-0.3, -0.25) is 9.59 Å². The van der Waals surface area contributed by atoms with Gasteiger partial charge in [-0.05, 0) is 37.5 Å². The lowest BCUT2D eigenvalue weighted by Gasteiger charge is -2.13. The Morgan fingerprint density at radius 1 is 1.00 bits per heavy atom. The summed E-state index contributed by atoms with van der Waals surface area (Å²) in [5.41, 5.74) is 7.62. The van der Waals surface area contributed by atoms with E-state index in [0.29, 0.717) is 12.1 Å². The largest absolute Gasteiger partial charge is 0.366 e. The van der Waals surface area contributed by atoms with Crippen LogP contribution in [0.5, 0.6) is 0 Å². The average molecular weight is 310 g/mol. The molecule has 0 bridgehead atoms. The second-order valence-corrected chi connectivity index (χ2v) is 5.67. The molecule has 0 saturated heterocycles. The van der Waals surface area contributed by atoms with Crippen LogP contribution >= 0.6 is 0 Å². The van der Waals surface area contributed by atoms with Crippen molar-refractivity contribution in [3.05, 3.63) is 71.3 Å². The maximum Gasteiger partial charge on any atom is 0.248 e. The zero-order chi connectivity index (χ0) is 16.7. The summed E-state index contributed by atoms with van der Waals surface area (Å²) in [6.45, 7) is 2.40. The monoisotopic (exact) mass is 310 g/mol. The second kappa shape index (κ2) is 8.25. The van der Waals surface area contributed by atoms with Crippen LogP contribution in [-0.2, 0) is 6.42 Å². The van der Waals surface area contributed by atoms with Crippen LogP contribution in [0.4, 0.5) is 0 Å². The number of carbonyl (C=O) groups excluding carboxylic acids is 2. The Morgan fingerprint density at radius 3 is 2.26 bits per heavy atom. The standard InChI is InChI=1S/C19H22N2O2/c1-14(21-13-18(22)16-5-3-2-4-6-16)7-8-15-9-11-17(12-10-15)19(20)23/h2-6,9-12,14,21H,7-8,13H2,1H3,(H2,20,23)/t14-/m1/s1. The number of aryl methyl sites for hydroxylation is 1. The molecule has 0 fully saturated rings. The molecule has 0 saturated carbocycles. The molecule has 0 radical (unpaired) electrons. The summed E-state index contributed by atoms with van der Waals surface area (Å²) in [4.78, 5) is 23.0. The van der Waals surface area contributed by atoms with Gasteiger partial charge in [-0.25, -0.2) is 0 Å². The molecular formula is C19H22N2O2. The van der Waals surface area contributed by atoms with E-state index < -0.39 is 5.91 Å². The van der Waals surface area contributed by atoms with Gasteiger partial charge in [0.2, 0.25) is 5.91 Å². The van der Waals surface area contributed by atoms with Gasteiger partial charge < -0.3 is 11.1 Å². The first kappa shape index (κ1) is 16.9. The molecular weight excluding hydrogens is 288 g/mol. The molecule has 2 aromatic rings. The number of benzene rings is 2. The van der Waals surface area contributed by atoms with Crippen LogP contribution in [-0.4, -0.2) is 24.3 Å². The molecule has 1 amide bonds. The Balaban J connectivity index is 1.75. The molecule has 3 N–H and O–H groups in total. The van der Waals surface area contributed by atoms with Crippen LogP contribution < -0.4 is 11.1 Å². The highest BCUT2D eigenvalue weighted by Crippen LogP contribution is 2.08. The normalized spacial score (nSPS) is 11.9. The molecule has 0 aromatic heterocycles. The van der Waals surface area contributed by atoms with E-state index in [4.69, 9.17) is 5.73 Å². The highest BCUT2D eigenvalue weighted by atomic mass is 16.1. The third-order valence-corrected chi connectivity index (χ3v) is 3.81. The molecule has 2 rings (SSSR count). The zero-order valence-corrected chi connectivity index (χ0v) is 13.3. The lowest BCUT2D eigenvalue weighted by Crippen LogP contribution is -2.31. The number of amides is 1. The number of hydrogen-bond donors (Lipinski definition) is 2. The van der Waals surface area contributed by atoms with Crippen molar-refractivity contribution in [1.82, 2.24) is 5.32 Å². The summed E-state index contributed by atoms with van der Waals surface area (Å²) in [7, 11) is 0. The SMILES string of the molecule is C[C@H](CCc1ccc(C(N)=O)cc1)NCC(=O)c1ccccc1. The van der Waals surface area contributed by atoms with Crippen molar-refractivity contribution in [2.75, 3.05) is 6.54 Å². The van der Waals surface area contributed by atoms with E-state index in [2.05, 4.69) is 12.2 Å². The molecule has 0 aliphatic heterocycles. The average Bonchev–Trinajstić information content (AvgIpc) is 2.59. The molecule has 23 heavy (non-hydrogen) atoms. The minimum atomic E-state index is -0.411. The number of carbonyl (C=O) groups is 2. The number of primary amides is 1. The maximum atomic E-state index is 12.0. The fourth-order valence-corrected chi connectivity index (χ4v) is 2.31. The highest BCUT2D eigenvalue weighted by molar-refractivity contribution is 5.97. The number of ketones is 1.